The van der Waals surface area contributed by atoms with Gasteiger partial charge in [0.05, 0.1) is 10.7 Å². The van der Waals surface area contributed by atoms with E-state index in [0.717, 1.165) is 23.5 Å². The van der Waals surface area contributed by atoms with E-state index < -0.39 is 0 Å². The Kier molecular flexibility index (Phi) is 5.26. The average molecular weight is 292 g/mol. The summed E-state index contributed by atoms with van der Waals surface area (Å²) in [7, 11) is 0. The highest BCUT2D eigenvalue weighted by Crippen LogP contribution is 2.18. The van der Waals surface area contributed by atoms with Gasteiger partial charge in [0.1, 0.15) is 5.82 Å². The molecule has 0 spiro atoms. The number of aromatic nitrogens is 1. The van der Waals surface area contributed by atoms with Crippen LogP contribution in [-0.4, -0.2) is 11.0 Å². The lowest BCUT2D eigenvalue weighted by Crippen LogP contribution is -2.27. The molecule has 1 atom stereocenters. The quantitative estimate of drug-likeness (QED) is 0.874. The van der Waals surface area contributed by atoms with Crippen LogP contribution < -0.4 is 5.32 Å². The molecular formula is C16H21FN2S. The van der Waals surface area contributed by atoms with E-state index in [2.05, 4.69) is 24.1 Å². The predicted molar refractivity (Wildman–Crippen MR) is 82.6 cm³/mol. The lowest BCUT2D eigenvalue weighted by Gasteiger charge is -2.14. The van der Waals surface area contributed by atoms with E-state index in [4.69, 9.17) is 0 Å². The number of halogens is 1. The van der Waals surface area contributed by atoms with Crippen molar-refractivity contribution in [3.05, 3.63) is 51.2 Å². The van der Waals surface area contributed by atoms with E-state index in [-0.39, 0.29) is 11.9 Å². The van der Waals surface area contributed by atoms with Gasteiger partial charge in [-0.25, -0.2) is 9.37 Å². The minimum atomic E-state index is -0.121. The summed E-state index contributed by atoms with van der Waals surface area (Å²) in [6, 6.07) is 7.21. The molecule has 0 saturated carbocycles. The second kappa shape index (κ2) is 6.95. The summed E-state index contributed by atoms with van der Waals surface area (Å²) in [5.74, 6) is -0.121. The zero-order chi connectivity index (χ0) is 14.5. The highest BCUT2D eigenvalue weighted by atomic mass is 32.1. The van der Waals surface area contributed by atoms with Crippen LogP contribution >= 0.6 is 11.3 Å². The molecule has 0 radical (unpaired) electrons. The summed E-state index contributed by atoms with van der Waals surface area (Å²) >= 11 is 1.74. The summed E-state index contributed by atoms with van der Waals surface area (Å²) in [5.41, 5.74) is 1.95. The summed E-state index contributed by atoms with van der Waals surface area (Å²) in [5, 5.41) is 4.58. The zero-order valence-corrected chi connectivity index (χ0v) is 13.1. The molecular weight excluding hydrogens is 271 g/mol. The van der Waals surface area contributed by atoms with Gasteiger partial charge in [0.25, 0.3) is 0 Å². The second-order valence-corrected chi connectivity index (χ2v) is 6.32. The van der Waals surface area contributed by atoms with Crippen molar-refractivity contribution < 1.29 is 4.39 Å². The Morgan fingerprint density at radius 2 is 2.10 bits per heavy atom. The number of hydrogen-bond donors (Lipinski definition) is 1. The van der Waals surface area contributed by atoms with Crippen molar-refractivity contribution >= 4 is 11.3 Å². The Bertz CT molecular complexity index is 565. The first kappa shape index (κ1) is 15.1. The van der Waals surface area contributed by atoms with E-state index in [1.54, 1.807) is 17.4 Å². The van der Waals surface area contributed by atoms with Crippen LogP contribution in [-0.2, 0) is 19.4 Å². The largest absolute Gasteiger partial charge is 0.309 e. The third kappa shape index (κ3) is 3.87. The fraction of sp³-hybridized carbons (Fsp3) is 0.438. The molecule has 1 N–H and O–H groups in total. The van der Waals surface area contributed by atoms with Gasteiger partial charge in [0.2, 0.25) is 0 Å². The van der Waals surface area contributed by atoms with Gasteiger partial charge in [-0.1, -0.05) is 25.1 Å². The Morgan fingerprint density at radius 1 is 1.35 bits per heavy atom. The van der Waals surface area contributed by atoms with Crippen LogP contribution in [0.5, 0.6) is 0 Å². The highest BCUT2D eigenvalue weighted by Gasteiger charge is 2.10. The first-order chi connectivity index (χ1) is 9.60. The Balaban J connectivity index is 1.92. The fourth-order valence-corrected chi connectivity index (χ4v) is 3.24. The van der Waals surface area contributed by atoms with E-state index in [0.29, 0.717) is 6.42 Å². The standard InChI is InChI=1S/C16H21FN2S/c1-4-15-16(20-12(3)19-15)10-18-11(2)9-13-7-5-6-8-14(13)17/h5-8,11,18H,4,9-10H2,1-3H3/t11-/m0/s1. The van der Waals surface area contributed by atoms with Gasteiger partial charge in [-0.2, -0.15) is 0 Å². The maximum Gasteiger partial charge on any atom is 0.126 e. The van der Waals surface area contributed by atoms with Crippen LogP contribution in [0.25, 0.3) is 0 Å². The van der Waals surface area contributed by atoms with E-state index in [9.17, 15) is 4.39 Å². The van der Waals surface area contributed by atoms with Crippen LogP contribution in [0.1, 0.15) is 35.0 Å². The minimum absolute atomic E-state index is 0.121. The molecule has 0 amide bonds. The van der Waals surface area contributed by atoms with Crippen molar-refractivity contribution in [1.82, 2.24) is 10.3 Å². The van der Waals surface area contributed by atoms with Crippen LogP contribution in [0.2, 0.25) is 0 Å². The summed E-state index contributed by atoms with van der Waals surface area (Å²) in [6.07, 6.45) is 1.66. The molecule has 2 aromatic rings. The molecule has 0 aliphatic heterocycles. The van der Waals surface area contributed by atoms with Crippen molar-refractivity contribution in [2.45, 2.75) is 46.2 Å². The van der Waals surface area contributed by atoms with Gasteiger partial charge in [-0.05, 0) is 38.3 Å². The molecule has 108 valence electrons. The van der Waals surface area contributed by atoms with Crippen molar-refractivity contribution in [1.29, 1.82) is 0 Å². The fourth-order valence-electron chi connectivity index (χ4n) is 2.26. The van der Waals surface area contributed by atoms with Gasteiger partial charge in [0, 0.05) is 17.5 Å². The first-order valence-electron chi connectivity index (χ1n) is 7.02. The van der Waals surface area contributed by atoms with Crippen molar-refractivity contribution in [2.75, 3.05) is 0 Å². The smallest absolute Gasteiger partial charge is 0.126 e. The van der Waals surface area contributed by atoms with Crippen LogP contribution in [0.3, 0.4) is 0 Å². The van der Waals surface area contributed by atoms with Gasteiger partial charge in [-0.15, -0.1) is 11.3 Å². The molecule has 1 aromatic heterocycles. The molecule has 0 fully saturated rings. The van der Waals surface area contributed by atoms with Crippen molar-refractivity contribution in [3.63, 3.8) is 0 Å². The minimum Gasteiger partial charge on any atom is -0.309 e. The third-order valence-electron chi connectivity index (χ3n) is 3.32. The lowest BCUT2D eigenvalue weighted by atomic mass is 10.1. The normalized spacial score (nSPS) is 12.6. The van der Waals surface area contributed by atoms with Gasteiger partial charge in [0.15, 0.2) is 0 Å². The first-order valence-corrected chi connectivity index (χ1v) is 7.83. The number of thiazole rings is 1. The summed E-state index contributed by atoms with van der Waals surface area (Å²) in [4.78, 5) is 5.82. The number of rotatable bonds is 6. The van der Waals surface area contributed by atoms with Gasteiger partial charge >= 0.3 is 0 Å². The molecule has 0 saturated heterocycles. The number of aryl methyl sites for hydroxylation is 2. The number of nitrogens with one attached hydrogen (secondary N) is 1. The van der Waals surface area contributed by atoms with E-state index >= 15 is 0 Å². The zero-order valence-electron chi connectivity index (χ0n) is 12.2. The number of nitrogens with zero attached hydrogens (tertiary/aromatic N) is 1. The molecule has 1 aromatic carbocycles. The maximum atomic E-state index is 13.6. The highest BCUT2D eigenvalue weighted by molar-refractivity contribution is 7.11. The Morgan fingerprint density at radius 3 is 2.80 bits per heavy atom. The van der Waals surface area contributed by atoms with Gasteiger partial charge < -0.3 is 5.32 Å². The third-order valence-corrected chi connectivity index (χ3v) is 4.33. The van der Waals surface area contributed by atoms with E-state index in [1.165, 1.54) is 16.6 Å². The van der Waals surface area contributed by atoms with Crippen LogP contribution in [0.15, 0.2) is 24.3 Å². The molecule has 4 heteroatoms. The van der Waals surface area contributed by atoms with Gasteiger partial charge in [-0.3, -0.25) is 0 Å². The molecule has 2 rings (SSSR count). The molecule has 0 bridgehead atoms. The maximum absolute atomic E-state index is 13.6. The molecule has 1 heterocycles. The number of hydrogen-bond acceptors (Lipinski definition) is 3. The summed E-state index contributed by atoms with van der Waals surface area (Å²) < 4.78 is 13.6. The summed E-state index contributed by atoms with van der Waals surface area (Å²) in [6.45, 7) is 7.06. The topological polar surface area (TPSA) is 24.9 Å². The second-order valence-electron chi connectivity index (χ2n) is 5.03. The molecule has 20 heavy (non-hydrogen) atoms. The molecule has 0 aliphatic carbocycles. The predicted octanol–water partition coefficient (Wildman–Crippen LogP) is 3.87. The molecule has 0 unspecified atom stereocenters. The lowest BCUT2D eigenvalue weighted by molar-refractivity contribution is 0.527. The molecule has 0 aliphatic rings. The number of benzene rings is 1. The average Bonchev–Trinajstić information content (AvgIpc) is 2.79. The SMILES string of the molecule is CCc1nc(C)sc1CN[C@@H](C)Cc1ccccc1F. The van der Waals surface area contributed by atoms with Crippen LogP contribution in [0.4, 0.5) is 4.39 Å². The Hall–Kier alpha value is -1.26. The molecule has 2 nitrogen and oxygen atoms in total. The van der Waals surface area contributed by atoms with Crippen molar-refractivity contribution in [3.8, 4) is 0 Å². The van der Waals surface area contributed by atoms with Crippen LogP contribution in [0, 0.1) is 12.7 Å². The Labute approximate surface area is 124 Å². The monoisotopic (exact) mass is 292 g/mol. The van der Waals surface area contributed by atoms with E-state index in [1.807, 2.05) is 19.1 Å². The van der Waals surface area contributed by atoms with Crippen molar-refractivity contribution in [2.24, 2.45) is 0 Å².